The molecule has 1 aromatic carbocycles. The first-order valence-corrected chi connectivity index (χ1v) is 10.5. The quantitative estimate of drug-likeness (QED) is 0.778. The highest BCUT2D eigenvalue weighted by Crippen LogP contribution is 2.22. The zero-order valence-electron chi connectivity index (χ0n) is 17.0. The number of rotatable bonds is 6. The first-order valence-electron chi connectivity index (χ1n) is 10.5. The van der Waals surface area contributed by atoms with E-state index in [4.69, 9.17) is 4.74 Å². The molecular weight excluding hydrogens is 366 g/mol. The zero-order chi connectivity index (χ0) is 20.1. The van der Waals surface area contributed by atoms with Gasteiger partial charge in [-0.1, -0.05) is 0 Å². The average Bonchev–Trinajstić information content (AvgIpc) is 3.27. The fourth-order valence-corrected chi connectivity index (χ4v) is 3.88. The van der Waals surface area contributed by atoms with Crippen LogP contribution >= 0.6 is 0 Å². The Morgan fingerprint density at radius 2 is 1.93 bits per heavy atom. The van der Waals surface area contributed by atoms with Crippen molar-refractivity contribution in [2.24, 2.45) is 0 Å². The molecule has 1 aromatic heterocycles. The number of piperidine rings is 1. The number of aryl methyl sites for hydroxylation is 1. The molecule has 154 valence electrons. The number of carbonyl (C=O) groups excluding carboxylic acids is 1. The Bertz CT molecular complexity index is 828. The van der Waals surface area contributed by atoms with Gasteiger partial charge in [-0.3, -0.25) is 4.79 Å². The Morgan fingerprint density at radius 3 is 2.66 bits per heavy atom. The molecule has 2 aliphatic rings. The molecule has 4 rings (SSSR count). The molecule has 1 atom stereocenters. The van der Waals surface area contributed by atoms with Gasteiger partial charge < -0.3 is 20.3 Å². The Hall–Kier alpha value is -2.67. The maximum absolute atomic E-state index is 12.7. The average molecular weight is 396 g/mol. The monoisotopic (exact) mass is 395 g/mol. The van der Waals surface area contributed by atoms with Crippen molar-refractivity contribution in [2.75, 3.05) is 41.8 Å². The normalized spacial score (nSPS) is 19.2. The second kappa shape index (κ2) is 9.22. The van der Waals surface area contributed by atoms with Gasteiger partial charge in [0.05, 0.1) is 6.10 Å². The molecule has 0 aliphatic carbocycles. The summed E-state index contributed by atoms with van der Waals surface area (Å²) in [6.45, 7) is 5.54. The van der Waals surface area contributed by atoms with Gasteiger partial charge in [-0.15, -0.1) is 0 Å². The smallest absolute Gasteiger partial charge is 0.274 e. The van der Waals surface area contributed by atoms with Crippen molar-refractivity contribution < 1.29 is 9.53 Å². The summed E-state index contributed by atoms with van der Waals surface area (Å²) in [5.41, 5.74) is 3.08. The number of aromatic nitrogens is 2. The minimum Gasteiger partial charge on any atom is -0.376 e. The van der Waals surface area contributed by atoms with Gasteiger partial charge in [0.25, 0.3) is 5.91 Å². The van der Waals surface area contributed by atoms with Crippen molar-refractivity contribution in [1.82, 2.24) is 9.97 Å². The van der Waals surface area contributed by atoms with E-state index in [1.54, 1.807) is 6.07 Å². The van der Waals surface area contributed by atoms with E-state index >= 15 is 0 Å². The number of ether oxygens (including phenoxy) is 1. The summed E-state index contributed by atoms with van der Waals surface area (Å²) in [6.07, 6.45) is 6.12. The number of hydrogen-bond acceptors (Lipinski definition) is 6. The molecule has 2 aromatic rings. The molecule has 2 aliphatic heterocycles. The molecule has 0 radical (unpaired) electrons. The van der Waals surface area contributed by atoms with Crippen LogP contribution in [0.1, 0.15) is 48.3 Å². The molecule has 3 heterocycles. The first kappa shape index (κ1) is 19.6. The lowest BCUT2D eigenvalue weighted by Gasteiger charge is -2.28. The second-order valence-electron chi connectivity index (χ2n) is 7.78. The number of carbonyl (C=O) groups is 1. The van der Waals surface area contributed by atoms with E-state index < -0.39 is 0 Å². The maximum Gasteiger partial charge on any atom is 0.274 e. The third kappa shape index (κ3) is 5.23. The molecule has 0 saturated carbocycles. The number of nitrogens with one attached hydrogen (secondary N) is 2. The largest absolute Gasteiger partial charge is 0.376 e. The van der Waals surface area contributed by atoms with Crippen LogP contribution in [0, 0.1) is 6.92 Å². The molecular formula is C22H29N5O2. The van der Waals surface area contributed by atoms with Crippen molar-refractivity contribution in [3.8, 4) is 0 Å². The number of amides is 1. The van der Waals surface area contributed by atoms with Crippen molar-refractivity contribution in [3.63, 3.8) is 0 Å². The lowest BCUT2D eigenvalue weighted by Crippen LogP contribution is -2.29. The summed E-state index contributed by atoms with van der Waals surface area (Å²) in [5, 5.41) is 6.14. The van der Waals surface area contributed by atoms with E-state index in [9.17, 15) is 4.79 Å². The molecule has 1 unspecified atom stereocenters. The number of benzene rings is 1. The van der Waals surface area contributed by atoms with Gasteiger partial charge >= 0.3 is 0 Å². The Morgan fingerprint density at radius 1 is 1.14 bits per heavy atom. The molecule has 7 heteroatoms. The summed E-state index contributed by atoms with van der Waals surface area (Å²) in [4.78, 5) is 23.9. The van der Waals surface area contributed by atoms with Crippen LogP contribution in [0.3, 0.4) is 0 Å². The van der Waals surface area contributed by atoms with Crippen LogP contribution in [0.2, 0.25) is 0 Å². The van der Waals surface area contributed by atoms with Crippen LogP contribution in [-0.2, 0) is 4.74 Å². The van der Waals surface area contributed by atoms with Gasteiger partial charge in [-0.2, -0.15) is 0 Å². The summed E-state index contributed by atoms with van der Waals surface area (Å²) in [6, 6.07) is 9.75. The highest BCUT2D eigenvalue weighted by atomic mass is 16.5. The van der Waals surface area contributed by atoms with Crippen molar-refractivity contribution in [1.29, 1.82) is 0 Å². The van der Waals surface area contributed by atoms with E-state index in [-0.39, 0.29) is 12.0 Å². The van der Waals surface area contributed by atoms with Gasteiger partial charge in [0, 0.05) is 43.3 Å². The molecule has 7 nitrogen and oxygen atoms in total. The predicted octanol–water partition coefficient (Wildman–Crippen LogP) is 3.62. The molecule has 2 N–H and O–H groups in total. The minimum absolute atomic E-state index is 0.190. The lowest BCUT2D eigenvalue weighted by atomic mass is 10.1. The second-order valence-corrected chi connectivity index (χ2v) is 7.78. The molecule has 0 bridgehead atoms. The summed E-state index contributed by atoms with van der Waals surface area (Å²) < 4.78 is 5.61. The SMILES string of the molecule is Cc1cc(C(=O)Nc2ccc(N3CCCCC3)cc2)nc(NCC2CCCO2)n1. The summed E-state index contributed by atoms with van der Waals surface area (Å²) in [7, 11) is 0. The number of anilines is 3. The van der Waals surface area contributed by atoms with Crippen molar-refractivity contribution >= 4 is 23.2 Å². The van der Waals surface area contributed by atoms with Crippen molar-refractivity contribution in [3.05, 3.63) is 41.7 Å². The number of hydrogen-bond donors (Lipinski definition) is 2. The van der Waals surface area contributed by atoms with E-state index in [0.29, 0.717) is 18.2 Å². The molecule has 2 saturated heterocycles. The summed E-state index contributed by atoms with van der Waals surface area (Å²) in [5.74, 6) is 0.229. The van der Waals surface area contributed by atoms with Crippen molar-refractivity contribution in [2.45, 2.75) is 45.1 Å². The minimum atomic E-state index is -0.235. The third-order valence-corrected chi connectivity index (χ3v) is 5.45. The highest BCUT2D eigenvalue weighted by Gasteiger charge is 2.17. The fourth-order valence-electron chi connectivity index (χ4n) is 3.88. The third-order valence-electron chi connectivity index (χ3n) is 5.45. The maximum atomic E-state index is 12.7. The molecule has 29 heavy (non-hydrogen) atoms. The highest BCUT2D eigenvalue weighted by molar-refractivity contribution is 6.03. The Labute approximate surface area is 171 Å². The Balaban J connectivity index is 1.38. The predicted molar refractivity (Wildman–Crippen MR) is 115 cm³/mol. The van der Waals surface area contributed by atoms with Crippen LogP contribution in [0.15, 0.2) is 30.3 Å². The number of nitrogens with zero attached hydrogens (tertiary/aromatic N) is 3. The van der Waals surface area contributed by atoms with Crippen LogP contribution < -0.4 is 15.5 Å². The van der Waals surface area contributed by atoms with Gasteiger partial charge in [0.2, 0.25) is 5.95 Å². The Kier molecular flexibility index (Phi) is 6.24. The van der Waals surface area contributed by atoms with E-state index in [1.807, 2.05) is 19.1 Å². The summed E-state index contributed by atoms with van der Waals surface area (Å²) >= 11 is 0. The molecule has 0 spiro atoms. The van der Waals surface area contributed by atoms with Gasteiger partial charge in [-0.05, 0) is 69.4 Å². The first-order chi connectivity index (χ1) is 14.2. The van der Waals surface area contributed by atoms with Crippen LogP contribution in [0.25, 0.3) is 0 Å². The lowest BCUT2D eigenvalue weighted by molar-refractivity contribution is 0.102. The van der Waals surface area contributed by atoms with Crippen LogP contribution in [-0.4, -0.2) is 48.2 Å². The van der Waals surface area contributed by atoms with E-state index in [1.165, 1.54) is 24.9 Å². The zero-order valence-corrected chi connectivity index (χ0v) is 17.0. The van der Waals surface area contributed by atoms with Crippen LogP contribution in [0.5, 0.6) is 0 Å². The standard InChI is InChI=1S/C22H29N5O2/c1-16-14-20(26-22(24-16)23-15-19-6-5-13-29-19)21(28)25-17-7-9-18(10-8-17)27-11-3-2-4-12-27/h7-10,14,19H,2-6,11-13,15H2,1H3,(H,25,28)(H,23,24,26). The molecule has 1 amide bonds. The van der Waals surface area contributed by atoms with E-state index in [0.717, 1.165) is 43.9 Å². The van der Waals surface area contributed by atoms with Crippen LogP contribution in [0.4, 0.5) is 17.3 Å². The van der Waals surface area contributed by atoms with E-state index in [2.05, 4.69) is 37.6 Å². The van der Waals surface area contributed by atoms with Gasteiger partial charge in [0.1, 0.15) is 5.69 Å². The topological polar surface area (TPSA) is 79.4 Å². The molecule has 2 fully saturated rings. The van der Waals surface area contributed by atoms with Gasteiger partial charge in [0.15, 0.2) is 0 Å². The fraction of sp³-hybridized carbons (Fsp3) is 0.500. The van der Waals surface area contributed by atoms with Gasteiger partial charge in [-0.25, -0.2) is 9.97 Å².